The second-order valence-electron chi connectivity index (χ2n) is 11.7. The van der Waals surface area contributed by atoms with Crippen LogP contribution in [0.1, 0.15) is 61.4 Å². The Labute approximate surface area is 264 Å². The van der Waals surface area contributed by atoms with Gasteiger partial charge in [0.25, 0.3) is 0 Å². The van der Waals surface area contributed by atoms with Crippen LogP contribution >= 0.6 is 0 Å². The third kappa shape index (κ3) is 14.0. The monoisotopic (exact) mass is 617 g/mol. The fourth-order valence-electron chi connectivity index (χ4n) is 4.13. The minimum atomic E-state index is -0.988. The molecule has 3 N–H and O–H groups in total. The number of hydrogen-bond acceptors (Lipinski definition) is 7. The van der Waals surface area contributed by atoms with E-state index in [4.69, 9.17) is 14.2 Å². The summed E-state index contributed by atoms with van der Waals surface area (Å²) in [7, 11) is 0. The predicted octanol–water partition coefficient (Wildman–Crippen LogP) is 5.50. The summed E-state index contributed by atoms with van der Waals surface area (Å²) in [6.07, 6.45) is -0.526. The summed E-state index contributed by atoms with van der Waals surface area (Å²) in [5, 5.41) is 8.15. The number of alkyl carbamates (subject to hydrolysis) is 2. The van der Waals surface area contributed by atoms with E-state index in [1.165, 1.54) is 0 Å². The fourth-order valence-corrected chi connectivity index (χ4v) is 4.13. The largest absolute Gasteiger partial charge is 0.459 e. The van der Waals surface area contributed by atoms with E-state index in [0.29, 0.717) is 13.0 Å². The van der Waals surface area contributed by atoms with Crippen molar-refractivity contribution in [2.75, 3.05) is 6.54 Å². The number of benzene rings is 3. The highest BCUT2D eigenvalue weighted by molar-refractivity contribution is 5.81. The zero-order chi connectivity index (χ0) is 32.7. The number of ether oxygens (including phenoxy) is 3. The Bertz CT molecular complexity index is 1390. The predicted molar refractivity (Wildman–Crippen MR) is 170 cm³/mol. The summed E-state index contributed by atoms with van der Waals surface area (Å²) in [4.78, 5) is 49.8. The van der Waals surface area contributed by atoms with Crippen LogP contribution in [-0.4, -0.2) is 42.3 Å². The molecule has 0 spiro atoms. The highest BCUT2D eigenvalue weighted by Crippen LogP contribution is 2.11. The van der Waals surface area contributed by atoms with E-state index in [9.17, 15) is 19.2 Å². The lowest BCUT2D eigenvalue weighted by Crippen LogP contribution is -2.44. The molecule has 0 saturated carbocycles. The molecule has 45 heavy (non-hydrogen) atoms. The number of rotatable bonds is 14. The Kier molecular flexibility index (Phi) is 13.4. The van der Waals surface area contributed by atoms with E-state index in [1.807, 2.05) is 73.7 Å². The van der Waals surface area contributed by atoms with Crippen LogP contribution < -0.4 is 16.0 Å². The molecule has 3 rings (SSSR count). The van der Waals surface area contributed by atoms with Crippen molar-refractivity contribution in [3.05, 3.63) is 107 Å². The molecule has 10 nitrogen and oxygen atoms in total. The molecule has 1 atom stereocenters. The Hall–Kier alpha value is -4.86. The third-order valence-corrected chi connectivity index (χ3v) is 6.51. The van der Waals surface area contributed by atoms with Crippen molar-refractivity contribution in [3.8, 4) is 0 Å². The van der Waals surface area contributed by atoms with Crippen LogP contribution in [0.4, 0.5) is 9.59 Å². The Morgan fingerprint density at radius 2 is 1.31 bits per heavy atom. The van der Waals surface area contributed by atoms with E-state index in [1.54, 1.807) is 32.9 Å². The minimum absolute atomic E-state index is 0.0186. The lowest BCUT2D eigenvalue weighted by molar-refractivity contribution is -0.147. The van der Waals surface area contributed by atoms with Crippen molar-refractivity contribution in [1.82, 2.24) is 16.0 Å². The van der Waals surface area contributed by atoms with Gasteiger partial charge in [-0.1, -0.05) is 84.4 Å². The van der Waals surface area contributed by atoms with E-state index in [0.717, 1.165) is 27.8 Å². The second-order valence-corrected chi connectivity index (χ2v) is 11.7. The van der Waals surface area contributed by atoms with Gasteiger partial charge >= 0.3 is 18.2 Å². The molecule has 0 aliphatic heterocycles. The van der Waals surface area contributed by atoms with E-state index < -0.39 is 29.8 Å². The van der Waals surface area contributed by atoms with Gasteiger partial charge in [-0.05, 0) is 62.8 Å². The molecule has 240 valence electrons. The van der Waals surface area contributed by atoms with E-state index >= 15 is 0 Å². The first-order chi connectivity index (χ1) is 21.5. The summed E-state index contributed by atoms with van der Waals surface area (Å²) < 4.78 is 16.0. The number of nitrogens with one attached hydrogen (secondary N) is 3. The molecule has 3 aromatic rings. The van der Waals surface area contributed by atoms with Crippen molar-refractivity contribution in [2.24, 2.45) is 0 Å². The van der Waals surface area contributed by atoms with Crippen molar-refractivity contribution < 1.29 is 33.4 Å². The average molecular weight is 618 g/mol. The minimum Gasteiger partial charge on any atom is -0.459 e. The first kappa shape index (κ1) is 34.6. The zero-order valence-corrected chi connectivity index (χ0v) is 26.4. The van der Waals surface area contributed by atoms with E-state index in [-0.39, 0.29) is 38.5 Å². The van der Waals surface area contributed by atoms with Gasteiger partial charge < -0.3 is 30.2 Å². The Morgan fingerprint density at radius 1 is 0.711 bits per heavy atom. The standard InChI is InChI=1S/C35H43N3O7/c1-25-12-14-27(15-13-25)22-37-31(39)21-26-16-18-29(19-17-26)23-43-32(40)30(38-34(42)45-35(2,3)4)11-8-20-36-33(41)44-24-28-9-6-5-7-10-28/h5-7,9-10,12-19,30H,8,11,20-24H2,1-4H3,(H,36,41)(H,37,39)(H,38,42)/t30-/m0/s1. The molecule has 3 aromatic carbocycles. The number of carbonyl (C=O) groups excluding carboxylic acids is 4. The van der Waals surface area contributed by atoms with Crippen LogP contribution in [0.25, 0.3) is 0 Å². The Balaban J connectivity index is 1.45. The normalized spacial score (nSPS) is 11.6. The maximum Gasteiger partial charge on any atom is 0.408 e. The molecule has 0 bridgehead atoms. The van der Waals surface area contributed by atoms with Crippen molar-refractivity contribution >= 4 is 24.1 Å². The third-order valence-electron chi connectivity index (χ3n) is 6.51. The van der Waals surface area contributed by atoms with Crippen molar-refractivity contribution in [1.29, 1.82) is 0 Å². The van der Waals surface area contributed by atoms with Crippen LogP contribution in [-0.2, 0) is 50.0 Å². The number of aryl methyl sites for hydroxylation is 1. The van der Waals surface area contributed by atoms with Gasteiger partial charge in [0.1, 0.15) is 24.9 Å². The lowest BCUT2D eigenvalue weighted by Gasteiger charge is -2.23. The van der Waals surface area contributed by atoms with Crippen LogP contribution in [0.2, 0.25) is 0 Å². The highest BCUT2D eigenvalue weighted by atomic mass is 16.6. The van der Waals surface area contributed by atoms with Crippen LogP contribution in [0.15, 0.2) is 78.9 Å². The maximum absolute atomic E-state index is 13.0. The van der Waals surface area contributed by atoms with Crippen LogP contribution in [0.5, 0.6) is 0 Å². The molecule has 0 aromatic heterocycles. The quantitative estimate of drug-likeness (QED) is 0.124. The van der Waals surface area contributed by atoms with Crippen molar-refractivity contribution in [2.45, 2.75) is 78.4 Å². The summed E-state index contributed by atoms with van der Waals surface area (Å²) in [6.45, 7) is 8.00. The molecule has 0 heterocycles. The molecule has 3 amide bonds. The molecular formula is C35H43N3O7. The van der Waals surface area contributed by atoms with Crippen LogP contribution in [0.3, 0.4) is 0 Å². The summed E-state index contributed by atoms with van der Waals surface area (Å²) in [6, 6.07) is 23.5. The highest BCUT2D eigenvalue weighted by Gasteiger charge is 2.25. The number of carbonyl (C=O) groups is 4. The molecule has 0 unspecified atom stereocenters. The van der Waals surface area contributed by atoms with Gasteiger partial charge in [0, 0.05) is 13.1 Å². The fraction of sp³-hybridized carbons (Fsp3) is 0.371. The molecule has 0 radical (unpaired) electrons. The smallest absolute Gasteiger partial charge is 0.408 e. The van der Waals surface area contributed by atoms with Gasteiger partial charge in [0.2, 0.25) is 5.91 Å². The molecule has 0 saturated heterocycles. The van der Waals surface area contributed by atoms with Gasteiger partial charge in [-0.25, -0.2) is 14.4 Å². The SMILES string of the molecule is Cc1ccc(CNC(=O)Cc2ccc(COC(=O)[C@H](CCCNC(=O)OCc3ccccc3)NC(=O)OC(C)(C)C)cc2)cc1. The molecule has 0 aliphatic rings. The van der Waals surface area contributed by atoms with Gasteiger partial charge in [0.15, 0.2) is 0 Å². The number of esters is 1. The van der Waals surface area contributed by atoms with Gasteiger partial charge in [-0.15, -0.1) is 0 Å². The topological polar surface area (TPSA) is 132 Å². The van der Waals surface area contributed by atoms with Crippen molar-refractivity contribution in [3.63, 3.8) is 0 Å². The molecule has 0 aliphatic carbocycles. The zero-order valence-electron chi connectivity index (χ0n) is 26.4. The van der Waals surface area contributed by atoms with Gasteiger partial charge in [-0.2, -0.15) is 0 Å². The second kappa shape index (κ2) is 17.4. The van der Waals surface area contributed by atoms with Gasteiger partial charge in [-0.3, -0.25) is 4.79 Å². The summed E-state index contributed by atoms with van der Waals surface area (Å²) in [5.41, 5.74) is 3.87. The average Bonchev–Trinajstić information content (AvgIpc) is 3.00. The first-order valence-corrected chi connectivity index (χ1v) is 15.0. The summed E-state index contributed by atoms with van der Waals surface area (Å²) >= 11 is 0. The van der Waals surface area contributed by atoms with Gasteiger partial charge in [0.05, 0.1) is 6.42 Å². The number of hydrogen-bond donors (Lipinski definition) is 3. The lowest BCUT2D eigenvalue weighted by atomic mass is 10.1. The van der Waals surface area contributed by atoms with Crippen LogP contribution in [0, 0.1) is 6.92 Å². The maximum atomic E-state index is 13.0. The summed E-state index contributed by atoms with van der Waals surface area (Å²) in [5.74, 6) is -0.725. The Morgan fingerprint density at radius 3 is 1.98 bits per heavy atom. The number of amides is 3. The molecular weight excluding hydrogens is 574 g/mol. The van der Waals surface area contributed by atoms with E-state index in [2.05, 4.69) is 16.0 Å². The first-order valence-electron chi connectivity index (χ1n) is 15.0. The molecule has 10 heteroatoms. The molecule has 0 fully saturated rings.